The van der Waals surface area contributed by atoms with Gasteiger partial charge in [-0.15, -0.1) is 0 Å². The summed E-state index contributed by atoms with van der Waals surface area (Å²) in [5.41, 5.74) is 2.41. The highest BCUT2D eigenvalue weighted by molar-refractivity contribution is 7.07. The van der Waals surface area contributed by atoms with Crippen molar-refractivity contribution in [2.75, 3.05) is 24.3 Å². The molecule has 0 aliphatic heterocycles. The Morgan fingerprint density at radius 1 is 1.37 bits per heavy atom. The van der Waals surface area contributed by atoms with E-state index >= 15 is 0 Å². The van der Waals surface area contributed by atoms with E-state index in [0.717, 1.165) is 36.0 Å². The number of rotatable bonds is 5. The number of aryl methyl sites for hydroxylation is 1. The number of thiophene rings is 1. The third kappa shape index (κ3) is 3.04. The Kier molecular flexibility index (Phi) is 4.37. The molecule has 0 fully saturated rings. The van der Waals surface area contributed by atoms with Gasteiger partial charge in [-0.25, -0.2) is 9.97 Å². The summed E-state index contributed by atoms with van der Waals surface area (Å²) in [5, 5.41) is 7.43. The standard InChI is InChI=1S/C14H20N4S/c1-5-12-16-13(15-3)10(2)14(17-12)18(4)8-11-6-7-19-9-11/h6-7,9H,5,8H2,1-4H3,(H,15,16,17). The number of anilines is 2. The van der Waals surface area contributed by atoms with E-state index in [1.165, 1.54) is 5.56 Å². The van der Waals surface area contributed by atoms with Crippen LogP contribution in [0.5, 0.6) is 0 Å². The molecule has 1 N–H and O–H groups in total. The van der Waals surface area contributed by atoms with Crippen molar-refractivity contribution >= 4 is 23.0 Å². The summed E-state index contributed by atoms with van der Waals surface area (Å²) >= 11 is 1.72. The minimum absolute atomic E-state index is 0.842. The second-order valence-electron chi connectivity index (χ2n) is 4.53. The van der Waals surface area contributed by atoms with Crippen LogP contribution in [0.25, 0.3) is 0 Å². The second-order valence-corrected chi connectivity index (χ2v) is 5.31. The molecule has 4 nitrogen and oxygen atoms in total. The van der Waals surface area contributed by atoms with Crippen molar-refractivity contribution < 1.29 is 0 Å². The molecule has 0 radical (unpaired) electrons. The van der Waals surface area contributed by atoms with Crippen LogP contribution < -0.4 is 10.2 Å². The Labute approximate surface area is 118 Å². The molecular formula is C14H20N4S. The van der Waals surface area contributed by atoms with Gasteiger partial charge in [0, 0.05) is 32.6 Å². The highest BCUT2D eigenvalue weighted by atomic mass is 32.1. The number of aromatic nitrogens is 2. The van der Waals surface area contributed by atoms with Gasteiger partial charge >= 0.3 is 0 Å². The molecule has 0 atom stereocenters. The zero-order valence-corrected chi connectivity index (χ0v) is 12.7. The molecule has 0 aromatic carbocycles. The van der Waals surface area contributed by atoms with E-state index in [0.29, 0.717) is 0 Å². The van der Waals surface area contributed by atoms with Crippen LogP contribution in [0.4, 0.5) is 11.6 Å². The van der Waals surface area contributed by atoms with E-state index < -0.39 is 0 Å². The molecule has 0 bridgehead atoms. The summed E-state index contributed by atoms with van der Waals surface area (Å²) in [6.45, 7) is 5.01. The van der Waals surface area contributed by atoms with Crippen molar-refractivity contribution in [3.8, 4) is 0 Å². The molecule has 102 valence electrons. The third-order valence-electron chi connectivity index (χ3n) is 3.08. The van der Waals surface area contributed by atoms with Gasteiger partial charge in [-0.3, -0.25) is 0 Å². The quantitative estimate of drug-likeness (QED) is 0.911. The Bertz CT molecular complexity index is 537. The van der Waals surface area contributed by atoms with E-state index in [1.54, 1.807) is 11.3 Å². The van der Waals surface area contributed by atoms with Crippen LogP contribution in [0.2, 0.25) is 0 Å². The maximum absolute atomic E-state index is 4.66. The maximum Gasteiger partial charge on any atom is 0.137 e. The molecule has 0 saturated heterocycles. The first kappa shape index (κ1) is 13.8. The Balaban J connectivity index is 2.31. The molecule has 2 heterocycles. The van der Waals surface area contributed by atoms with E-state index in [4.69, 9.17) is 0 Å². The van der Waals surface area contributed by atoms with E-state index in [9.17, 15) is 0 Å². The molecule has 0 aliphatic carbocycles. The largest absolute Gasteiger partial charge is 0.373 e. The predicted octanol–water partition coefficient (Wildman–Crippen LogP) is 3.09. The first-order valence-corrected chi connectivity index (χ1v) is 7.37. The molecule has 0 saturated carbocycles. The first-order valence-electron chi connectivity index (χ1n) is 6.43. The van der Waals surface area contributed by atoms with Crippen LogP contribution in [-0.2, 0) is 13.0 Å². The summed E-state index contributed by atoms with van der Waals surface area (Å²) in [6, 6.07) is 2.15. The fourth-order valence-corrected chi connectivity index (χ4v) is 2.71. The molecule has 0 spiro atoms. The van der Waals surface area contributed by atoms with Crippen molar-refractivity contribution in [2.24, 2.45) is 0 Å². The zero-order chi connectivity index (χ0) is 13.8. The van der Waals surface area contributed by atoms with Gasteiger partial charge in [0.15, 0.2) is 0 Å². The average Bonchev–Trinajstić information content (AvgIpc) is 2.91. The summed E-state index contributed by atoms with van der Waals surface area (Å²) in [6.07, 6.45) is 0.842. The number of hydrogen-bond acceptors (Lipinski definition) is 5. The molecule has 2 aromatic rings. The Morgan fingerprint density at radius 3 is 2.74 bits per heavy atom. The van der Waals surface area contributed by atoms with E-state index in [2.05, 4.69) is 57.9 Å². The number of nitrogens with zero attached hydrogens (tertiary/aromatic N) is 3. The average molecular weight is 276 g/mol. The highest BCUT2D eigenvalue weighted by Crippen LogP contribution is 2.24. The summed E-state index contributed by atoms with van der Waals surface area (Å²) < 4.78 is 0. The maximum atomic E-state index is 4.66. The lowest BCUT2D eigenvalue weighted by Gasteiger charge is -2.21. The lowest BCUT2D eigenvalue weighted by atomic mass is 10.2. The van der Waals surface area contributed by atoms with Crippen molar-refractivity contribution in [1.29, 1.82) is 0 Å². The molecule has 2 rings (SSSR count). The van der Waals surface area contributed by atoms with Crippen LogP contribution in [-0.4, -0.2) is 24.1 Å². The molecule has 0 amide bonds. The SMILES string of the molecule is CCc1nc(NC)c(C)c(N(C)Cc2ccsc2)n1. The second kappa shape index (κ2) is 6.02. The summed E-state index contributed by atoms with van der Waals surface area (Å²) in [7, 11) is 3.98. The van der Waals surface area contributed by atoms with Crippen molar-refractivity contribution in [1.82, 2.24) is 9.97 Å². The molecule has 5 heteroatoms. The van der Waals surface area contributed by atoms with E-state index in [1.807, 2.05) is 7.05 Å². The topological polar surface area (TPSA) is 41.1 Å². The molecule has 0 unspecified atom stereocenters. The van der Waals surface area contributed by atoms with Gasteiger partial charge in [0.05, 0.1) is 0 Å². The van der Waals surface area contributed by atoms with Crippen LogP contribution >= 0.6 is 11.3 Å². The van der Waals surface area contributed by atoms with Gasteiger partial charge < -0.3 is 10.2 Å². The Morgan fingerprint density at radius 2 is 2.16 bits per heavy atom. The van der Waals surface area contributed by atoms with Gasteiger partial charge in [-0.2, -0.15) is 11.3 Å². The highest BCUT2D eigenvalue weighted by Gasteiger charge is 2.13. The van der Waals surface area contributed by atoms with Crippen LogP contribution in [0.3, 0.4) is 0 Å². The lowest BCUT2D eigenvalue weighted by Crippen LogP contribution is -2.20. The van der Waals surface area contributed by atoms with Gasteiger partial charge in [-0.1, -0.05) is 6.92 Å². The molecule has 0 aliphatic rings. The summed E-state index contributed by atoms with van der Waals surface area (Å²) in [5.74, 6) is 2.79. The van der Waals surface area contributed by atoms with Crippen molar-refractivity contribution in [2.45, 2.75) is 26.8 Å². The third-order valence-corrected chi connectivity index (χ3v) is 3.81. The molecule has 19 heavy (non-hydrogen) atoms. The minimum atomic E-state index is 0.842. The molecular weight excluding hydrogens is 256 g/mol. The normalized spacial score (nSPS) is 10.5. The minimum Gasteiger partial charge on any atom is -0.373 e. The van der Waals surface area contributed by atoms with Crippen LogP contribution in [0.1, 0.15) is 23.9 Å². The van der Waals surface area contributed by atoms with Gasteiger partial charge in [0.1, 0.15) is 17.5 Å². The number of nitrogens with one attached hydrogen (secondary N) is 1. The summed E-state index contributed by atoms with van der Waals surface area (Å²) in [4.78, 5) is 11.3. The first-order chi connectivity index (χ1) is 9.15. The predicted molar refractivity (Wildman–Crippen MR) is 82.1 cm³/mol. The van der Waals surface area contributed by atoms with Crippen LogP contribution in [0.15, 0.2) is 16.8 Å². The van der Waals surface area contributed by atoms with Crippen molar-refractivity contribution in [3.63, 3.8) is 0 Å². The lowest BCUT2D eigenvalue weighted by molar-refractivity contribution is 0.852. The number of hydrogen-bond donors (Lipinski definition) is 1. The van der Waals surface area contributed by atoms with Gasteiger partial charge in [0.25, 0.3) is 0 Å². The molecule has 2 aromatic heterocycles. The fourth-order valence-electron chi connectivity index (χ4n) is 2.05. The van der Waals surface area contributed by atoms with Gasteiger partial charge in [-0.05, 0) is 29.3 Å². The van der Waals surface area contributed by atoms with Gasteiger partial charge in [0.2, 0.25) is 0 Å². The van der Waals surface area contributed by atoms with E-state index in [-0.39, 0.29) is 0 Å². The monoisotopic (exact) mass is 276 g/mol. The Hall–Kier alpha value is -1.62. The fraction of sp³-hybridized carbons (Fsp3) is 0.429. The van der Waals surface area contributed by atoms with Crippen molar-refractivity contribution in [3.05, 3.63) is 33.8 Å². The zero-order valence-electron chi connectivity index (χ0n) is 11.9. The smallest absolute Gasteiger partial charge is 0.137 e. The van der Waals surface area contributed by atoms with Crippen LogP contribution in [0, 0.1) is 6.92 Å².